The van der Waals surface area contributed by atoms with E-state index in [-0.39, 0.29) is 5.91 Å². The molecule has 0 radical (unpaired) electrons. The van der Waals surface area contributed by atoms with Crippen molar-refractivity contribution in [3.63, 3.8) is 0 Å². The summed E-state index contributed by atoms with van der Waals surface area (Å²) >= 11 is 0. The Labute approximate surface area is 122 Å². The smallest absolute Gasteiger partial charge is 0.271 e. The minimum atomic E-state index is -0.915. The van der Waals surface area contributed by atoms with Gasteiger partial charge in [0.15, 0.2) is 0 Å². The Kier molecular flexibility index (Phi) is 3.65. The Hall–Kier alpha value is -1.92. The average Bonchev–Trinajstić information content (AvgIpc) is 2.89. The van der Waals surface area contributed by atoms with E-state index < -0.39 is 18.2 Å². The second-order valence-corrected chi connectivity index (χ2v) is 5.59. The number of hydrogen-bond acceptors (Lipinski definition) is 4. The van der Waals surface area contributed by atoms with Crippen LogP contribution in [0.25, 0.3) is 5.65 Å². The summed E-state index contributed by atoms with van der Waals surface area (Å²) in [6.07, 6.45) is 2.02. The molecule has 3 N–H and O–H groups in total. The first kappa shape index (κ1) is 14.0. The maximum atomic E-state index is 12.3. The van der Waals surface area contributed by atoms with Gasteiger partial charge in [0.25, 0.3) is 5.91 Å². The lowest BCUT2D eigenvalue weighted by atomic mass is 9.90. The fraction of sp³-hybridized carbons (Fsp3) is 0.467. The summed E-state index contributed by atoms with van der Waals surface area (Å²) in [5, 5.41) is 22.4. The van der Waals surface area contributed by atoms with Crippen molar-refractivity contribution >= 4 is 11.6 Å². The highest BCUT2D eigenvalue weighted by molar-refractivity contribution is 5.93. The maximum Gasteiger partial charge on any atom is 0.271 e. The van der Waals surface area contributed by atoms with E-state index in [1.54, 1.807) is 6.20 Å². The number of nitrogens with one attached hydrogen (secondary N) is 1. The van der Waals surface area contributed by atoms with Crippen molar-refractivity contribution in [2.24, 2.45) is 0 Å². The first-order chi connectivity index (χ1) is 10.1. The highest BCUT2D eigenvalue weighted by Gasteiger charge is 2.32. The van der Waals surface area contributed by atoms with E-state index in [0.717, 1.165) is 12.1 Å². The Morgan fingerprint density at radius 1 is 1.38 bits per heavy atom. The molecule has 3 rings (SSSR count). The van der Waals surface area contributed by atoms with E-state index in [0.29, 0.717) is 24.2 Å². The van der Waals surface area contributed by atoms with Crippen LogP contribution in [-0.4, -0.2) is 43.8 Å². The normalized spacial score (nSPS) is 26.0. The minimum absolute atomic E-state index is 0.316. The molecule has 0 spiro atoms. The lowest BCUT2D eigenvalue weighted by molar-refractivity contribution is -0.0278. The number of nitrogens with zero attached hydrogens (tertiary/aromatic N) is 2. The van der Waals surface area contributed by atoms with Crippen molar-refractivity contribution in [3.8, 4) is 0 Å². The van der Waals surface area contributed by atoms with Crippen LogP contribution < -0.4 is 5.32 Å². The molecule has 6 heteroatoms. The quantitative estimate of drug-likeness (QED) is 0.757. The molecule has 0 aliphatic heterocycles. The third kappa shape index (κ3) is 2.64. The standard InChI is InChI=1S/C15H19N3O3/c1-9-4-2-7-13-16-11(8-18(9)13)15(21)17-10-5-3-6-12(19)14(10)20/h2,4,7-8,10,12,14,19-20H,3,5-6H2,1H3,(H,17,21)/t10-,12-,14-/m1/s1. The number of imidazole rings is 1. The van der Waals surface area contributed by atoms with E-state index >= 15 is 0 Å². The van der Waals surface area contributed by atoms with Gasteiger partial charge in [-0.25, -0.2) is 4.98 Å². The monoisotopic (exact) mass is 289 g/mol. The van der Waals surface area contributed by atoms with Crippen LogP contribution in [0.3, 0.4) is 0 Å². The number of carbonyl (C=O) groups is 1. The van der Waals surface area contributed by atoms with Crippen LogP contribution >= 0.6 is 0 Å². The zero-order chi connectivity index (χ0) is 15.0. The molecule has 1 saturated carbocycles. The Balaban J connectivity index is 1.79. The van der Waals surface area contributed by atoms with Gasteiger partial charge in [0.2, 0.25) is 0 Å². The van der Waals surface area contributed by atoms with Crippen LogP contribution in [-0.2, 0) is 0 Å². The van der Waals surface area contributed by atoms with Gasteiger partial charge in [-0.15, -0.1) is 0 Å². The van der Waals surface area contributed by atoms with E-state index in [2.05, 4.69) is 10.3 Å². The predicted molar refractivity (Wildman–Crippen MR) is 77.0 cm³/mol. The average molecular weight is 289 g/mol. The molecule has 6 nitrogen and oxygen atoms in total. The van der Waals surface area contributed by atoms with Crippen molar-refractivity contribution in [3.05, 3.63) is 35.8 Å². The van der Waals surface area contributed by atoms with Gasteiger partial charge in [-0.3, -0.25) is 4.79 Å². The van der Waals surface area contributed by atoms with Crippen molar-refractivity contribution in [2.75, 3.05) is 0 Å². The highest BCUT2D eigenvalue weighted by atomic mass is 16.3. The summed E-state index contributed by atoms with van der Waals surface area (Å²) in [4.78, 5) is 16.6. The summed E-state index contributed by atoms with van der Waals surface area (Å²) in [5.41, 5.74) is 2.02. The Morgan fingerprint density at radius 2 is 2.19 bits per heavy atom. The molecular weight excluding hydrogens is 270 g/mol. The van der Waals surface area contributed by atoms with Gasteiger partial charge in [0, 0.05) is 11.9 Å². The molecule has 112 valence electrons. The van der Waals surface area contributed by atoms with Crippen molar-refractivity contribution in [2.45, 2.75) is 44.4 Å². The number of aromatic nitrogens is 2. The largest absolute Gasteiger partial charge is 0.390 e. The van der Waals surface area contributed by atoms with Gasteiger partial charge in [0.1, 0.15) is 11.3 Å². The van der Waals surface area contributed by atoms with Crippen LogP contribution in [0.1, 0.15) is 35.4 Å². The first-order valence-corrected chi connectivity index (χ1v) is 7.18. The molecule has 21 heavy (non-hydrogen) atoms. The van der Waals surface area contributed by atoms with Crippen molar-refractivity contribution in [1.82, 2.24) is 14.7 Å². The number of aliphatic hydroxyl groups is 2. The summed E-state index contributed by atoms with van der Waals surface area (Å²) in [5.74, 6) is -0.323. The topological polar surface area (TPSA) is 86.9 Å². The number of carbonyl (C=O) groups excluding carboxylic acids is 1. The third-order valence-electron chi connectivity index (χ3n) is 4.07. The molecule has 3 atom stereocenters. The van der Waals surface area contributed by atoms with Crippen LogP contribution in [0.15, 0.2) is 24.4 Å². The Bertz CT molecular complexity index is 667. The second-order valence-electron chi connectivity index (χ2n) is 5.59. The van der Waals surface area contributed by atoms with Crippen LogP contribution in [0.4, 0.5) is 0 Å². The molecule has 2 aromatic rings. The lowest BCUT2D eigenvalue weighted by Crippen LogP contribution is -2.51. The molecule has 0 saturated heterocycles. The molecule has 0 aromatic carbocycles. The number of amides is 1. The van der Waals surface area contributed by atoms with Gasteiger partial charge in [-0.2, -0.15) is 0 Å². The molecule has 0 bridgehead atoms. The van der Waals surface area contributed by atoms with Gasteiger partial charge in [0.05, 0.1) is 18.2 Å². The number of aliphatic hydroxyl groups excluding tert-OH is 2. The fourth-order valence-corrected chi connectivity index (χ4v) is 2.81. The van der Waals surface area contributed by atoms with Crippen molar-refractivity contribution < 1.29 is 15.0 Å². The number of aryl methyl sites for hydroxylation is 1. The van der Waals surface area contributed by atoms with Crippen molar-refractivity contribution in [1.29, 1.82) is 0 Å². The molecule has 1 amide bonds. The summed E-state index contributed by atoms with van der Waals surface area (Å²) < 4.78 is 1.85. The van der Waals surface area contributed by atoms with Gasteiger partial charge in [-0.05, 0) is 38.3 Å². The predicted octanol–water partition coefficient (Wildman–Crippen LogP) is 0.647. The van der Waals surface area contributed by atoms with Crippen LogP contribution in [0.2, 0.25) is 0 Å². The molecule has 0 unspecified atom stereocenters. The molecular formula is C15H19N3O3. The fourth-order valence-electron chi connectivity index (χ4n) is 2.81. The SMILES string of the molecule is Cc1cccc2nc(C(=O)N[C@@H]3CCC[C@@H](O)[C@@H]3O)cn12. The van der Waals surface area contributed by atoms with E-state index in [4.69, 9.17) is 0 Å². The number of hydrogen-bond donors (Lipinski definition) is 3. The van der Waals surface area contributed by atoms with Gasteiger partial charge >= 0.3 is 0 Å². The Morgan fingerprint density at radius 3 is 2.95 bits per heavy atom. The molecule has 1 aliphatic carbocycles. The van der Waals surface area contributed by atoms with E-state index in [9.17, 15) is 15.0 Å². The zero-order valence-corrected chi connectivity index (χ0v) is 11.9. The number of fused-ring (bicyclic) bond motifs is 1. The molecule has 2 aromatic heterocycles. The zero-order valence-electron chi connectivity index (χ0n) is 11.9. The van der Waals surface area contributed by atoms with Crippen LogP contribution in [0.5, 0.6) is 0 Å². The van der Waals surface area contributed by atoms with E-state index in [1.807, 2.05) is 29.5 Å². The second kappa shape index (κ2) is 5.46. The molecule has 2 heterocycles. The van der Waals surface area contributed by atoms with Gasteiger partial charge < -0.3 is 19.9 Å². The summed E-state index contributed by atoms with van der Waals surface area (Å²) in [7, 11) is 0. The minimum Gasteiger partial charge on any atom is -0.390 e. The summed E-state index contributed by atoms with van der Waals surface area (Å²) in [6.45, 7) is 1.94. The summed E-state index contributed by atoms with van der Waals surface area (Å²) in [6, 6.07) is 5.24. The number of pyridine rings is 1. The van der Waals surface area contributed by atoms with E-state index in [1.165, 1.54) is 0 Å². The first-order valence-electron chi connectivity index (χ1n) is 7.18. The molecule has 1 aliphatic rings. The lowest BCUT2D eigenvalue weighted by Gasteiger charge is -2.32. The van der Waals surface area contributed by atoms with Crippen LogP contribution in [0, 0.1) is 6.92 Å². The highest BCUT2D eigenvalue weighted by Crippen LogP contribution is 2.19. The third-order valence-corrected chi connectivity index (χ3v) is 4.07. The molecule has 1 fully saturated rings. The number of rotatable bonds is 2. The van der Waals surface area contributed by atoms with Gasteiger partial charge in [-0.1, -0.05) is 6.07 Å². The maximum absolute atomic E-state index is 12.3.